The molecule has 5 heteroatoms. The Kier molecular flexibility index (Phi) is 6.56. The van der Waals surface area contributed by atoms with E-state index in [0.717, 1.165) is 36.8 Å². The lowest BCUT2D eigenvalue weighted by molar-refractivity contribution is 0.138. The summed E-state index contributed by atoms with van der Waals surface area (Å²) in [7, 11) is 0. The third-order valence-corrected chi connectivity index (χ3v) is 2.91. The highest BCUT2D eigenvalue weighted by molar-refractivity contribution is 5.47. The molecule has 1 heterocycles. The zero-order chi connectivity index (χ0) is 14.3. The number of aliphatic hydroxyl groups is 1. The van der Waals surface area contributed by atoms with Crippen molar-refractivity contribution in [2.75, 3.05) is 23.7 Å². The molecule has 1 rings (SSSR count). The zero-order valence-electron chi connectivity index (χ0n) is 12.4. The Labute approximate surface area is 115 Å². The van der Waals surface area contributed by atoms with Crippen molar-refractivity contribution in [1.29, 1.82) is 0 Å². The molecule has 108 valence electrons. The summed E-state index contributed by atoms with van der Waals surface area (Å²) >= 11 is 0. The third-order valence-electron chi connectivity index (χ3n) is 2.91. The van der Waals surface area contributed by atoms with Gasteiger partial charge in [-0.25, -0.2) is 9.97 Å². The van der Waals surface area contributed by atoms with E-state index in [9.17, 15) is 5.11 Å². The minimum atomic E-state index is -0.368. The summed E-state index contributed by atoms with van der Waals surface area (Å²) in [6, 6.07) is 1.89. The summed E-state index contributed by atoms with van der Waals surface area (Å²) in [6.45, 7) is 9.55. The van der Waals surface area contributed by atoms with Crippen LogP contribution in [0.5, 0.6) is 0 Å². The maximum atomic E-state index is 9.80. The lowest BCUT2D eigenvalue weighted by Crippen LogP contribution is -2.25. The van der Waals surface area contributed by atoms with Crippen LogP contribution in [0.4, 0.5) is 11.6 Å². The maximum Gasteiger partial charge on any atom is 0.132 e. The quantitative estimate of drug-likeness (QED) is 0.673. The van der Waals surface area contributed by atoms with Crippen molar-refractivity contribution in [1.82, 2.24) is 9.97 Å². The molecule has 0 radical (unpaired) electrons. The van der Waals surface area contributed by atoms with Crippen molar-refractivity contribution >= 4 is 11.6 Å². The predicted molar refractivity (Wildman–Crippen MR) is 79.5 cm³/mol. The van der Waals surface area contributed by atoms with Crippen molar-refractivity contribution < 1.29 is 5.11 Å². The first kappa shape index (κ1) is 15.7. The minimum Gasteiger partial charge on any atom is -0.391 e. The van der Waals surface area contributed by atoms with Crippen molar-refractivity contribution in [2.45, 2.75) is 46.6 Å². The van der Waals surface area contributed by atoms with Gasteiger partial charge in [-0.3, -0.25) is 0 Å². The first-order valence-electron chi connectivity index (χ1n) is 7.10. The lowest BCUT2D eigenvalue weighted by Gasteiger charge is -2.16. The third kappa shape index (κ3) is 5.42. The van der Waals surface area contributed by atoms with Crippen LogP contribution in [0, 0.1) is 5.92 Å². The van der Waals surface area contributed by atoms with Crippen LogP contribution in [0.3, 0.4) is 0 Å². The Balaban J connectivity index is 2.70. The van der Waals surface area contributed by atoms with Gasteiger partial charge in [0.05, 0.1) is 6.10 Å². The molecule has 5 nitrogen and oxygen atoms in total. The molecule has 0 aromatic carbocycles. The Morgan fingerprint density at radius 1 is 1.16 bits per heavy atom. The number of nitrogens with one attached hydrogen (secondary N) is 2. The molecule has 1 unspecified atom stereocenters. The van der Waals surface area contributed by atoms with Gasteiger partial charge in [0.25, 0.3) is 0 Å². The second-order valence-corrected chi connectivity index (χ2v) is 5.03. The molecule has 0 saturated heterocycles. The monoisotopic (exact) mass is 266 g/mol. The number of aromatic nitrogens is 2. The summed E-state index contributed by atoms with van der Waals surface area (Å²) in [5.41, 5.74) is 0. The number of rotatable bonds is 8. The Bertz CT molecular complexity index is 382. The molecule has 1 atom stereocenters. The van der Waals surface area contributed by atoms with E-state index in [1.54, 1.807) is 0 Å². The fourth-order valence-electron chi connectivity index (χ4n) is 1.53. The van der Waals surface area contributed by atoms with E-state index in [-0.39, 0.29) is 12.0 Å². The smallest absolute Gasteiger partial charge is 0.132 e. The molecule has 3 N–H and O–H groups in total. The van der Waals surface area contributed by atoms with Crippen LogP contribution in [0.2, 0.25) is 0 Å². The van der Waals surface area contributed by atoms with E-state index in [0.29, 0.717) is 6.54 Å². The van der Waals surface area contributed by atoms with Crippen LogP contribution in [0.15, 0.2) is 6.07 Å². The fourth-order valence-corrected chi connectivity index (χ4v) is 1.53. The summed E-state index contributed by atoms with van der Waals surface area (Å²) in [4.78, 5) is 8.84. The molecule has 0 aliphatic rings. The molecule has 19 heavy (non-hydrogen) atoms. The van der Waals surface area contributed by atoms with Gasteiger partial charge in [0.2, 0.25) is 0 Å². The first-order chi connectivity index (χ1) is 9.06. The molecule has 0 fully saturated rings. The van der Waals surface area contributed by atoms with Gasteiger partial charge in [0.15, 0.2) is 0 Å². The lowest BCUT2D eigenvalue weighted by atomic mass is 10.1. The minimum absolute atomic E-state index is 0.234. The molecule has 0 amide bonds. The second-order valence-electron chi connectivity index (χ2n) is 5.03. The first-order valence-corrected chi connectivity index (χ1v) is 7.10. The molecule has 0 aliphatic carbocycles. The molecule has 1 aromatic heterocycles. The van der Waals surface area contributed by atoms with Crippen molar-refractivity contribution in [2.24, 2.45) is 5.92 Å². The average Bonchev–Trinajstić information content (AvgIpc) is 2.42. The highest BCUT2D eigenvalue weighted by Crippen LogP contribution is 2.12. The summed E-state index contributed by atoms with van der Waals surface area (Å²) in [6.07, 6.45) is 1.48. The zero-order valence-corrected chi connectivity index (χ0v) is 12.4. The van der Waals surface area contributed by atoms with Gasteiger partial charge in [-0.1, -0.05) is 27.7 Å². The number of nitrogens with zero attached hydrogens (tertiary/aromatic N) is 2. The molecular formula is C14H26N4O. The highest BCUT2D eigenvalue weighted by Gasteiger charge is 2.10. The molecular weight excluding hydrogens is 240 g/mol. The van der Waals surface area contributed by atoms with Crippen molar-refractivity contribution in [3.63, 3.8) is 0 Å². The predicted octanol–water partition coefficient (Wildman–Crippen LogP) is 2.29. The molecule has 0 spiro atoms. The largest absolute Gasteiger partial charge is 0.391 e. The van der Waals surface area contributed by atoms with Gasteiger partial charge >= 0.3 is 0 Å². The SMILES string of the molecule is CCCNc1cc(NCC(O)C(C)C)nc(CC)n1. The van der Waals surface area contributed by atoms with E-state index in [1.807, 2.05) is 26.8 Å². The van der Waals surface area contributed by atoms with Crippen LogP contribution >= 0.6 is 0 Å². The highest BCUT2D eigenvalue weighted by atomic mass is 16.3. The Morgan fingerprint density at radius 2 is 1.79 bits per heavy atom. The summed E-state index contributed by atoms with van der Waals surface area (Å²) < 4.78 is 0. The van der Waals surface area contributed by atoms with E-state index >= 15 is 0 Å². The number of hydrogen-bond acceptors (Lipinski definition) is 5. The van der Waals surface area contributed by atoms with Gasteiger partial charge in [-0.2, -0.15) is 0 Å². The molecule has 0 aliphatic heterocycles. The number of hydrogen-bond donors (Lipinski definition) is 3. The summed E-state index contributed by atoms with van der Waals surface area (Å²) in [5, 5.41) is 16.2. The number of aliphatic hydroxyl groups excluding tert-OH is 1. The fraction of sp³-hybridized carbons (Fsp3) is 0.714. The Hall–Kier alpha value is -1.36. The topological polar surface area (TPSA) is 70.1 Å². The average molecular weight is 266 g/mol. The van der Waals surface area contributed by atoms with Crippen LogP contribution < -0.4 is 10.6 Å². The van der Waals surface area contributed by atoms with E-state index in [2.05, 4.69) is 27.5 Å². The van der Waals surface area contributed by atoms with Gasteiger partial charge in [0.1, 0.15) is 17.5 Å². The normalized spacial score (nSPS) is 12.5. The van der Waals surface area contributed by atoms with E-state index in [4.69, 9.17) is 0 Å². The van der Waals surface area contributed by atoms with Crippen molar-refractivity contribution in [3.05, 3.63) is 11.9 Å². The summed E-state index contributed by atoms with van der Waals surface area (Å²) in [5.74, 6) is 2.65. The van der Waals surface area contributed by atoms with Crippen LogP contribution in [0.25, 0.3) is 0 Å². The van der Waals surface area contributed by atoms with E-state index < -0.39 is 0 Å². The van der Waals surface area contributed by atoms with Gasteiger partial charge < -0.3 is 15.7 Å². The molecule has 0 saturated carbocycles. The maximum absolute atomic E-state index is 9.80. The van der Waals surface area contributed by atoms with E-state index in [1.165, 1.54) is 0 Å². The molecule has 0 bridgehead atoms. The number of aryl methyl sites for hydroxylation is 1. The van der Waals surface area contributed by atoms with Crippen LogP contribution in [0.1, 0.15) is 39.9 Å². The van der Waals surface area contributed by atoms with Crippen molar-refractivity contribution in [3.8, 4) is 0 Å². The van der Waals surface area contributed by atoms with Crippen LogP contribution in [-0.4, -0.2) is 34.3 Å². The standard InChI is InChI=1S/C14H26N4O/c1-5-7-15-13-8-14(18-12(6-2)17-13)16-9-11(19)10(3)4/h8,10-11,19H,5-7,9H2,1-4H3,(H2,15,16,17,18). The van der Waals surface area contributed by atoms with Gasteiger partial charge in [-0.05, 0) is 12.3 Å². The number of anilines is 2. The van der Waals surface area contributed by atoms with Gasteiger partial charge in [0, 0.05) is 25.6 Å². The molecule has 1 aromatic rings. The second kappa shape index (κ2) is 7.94. The van der Waals surface area contributed by atoms with Crippen LogP contribution in [-0.2, 0) is 6.42 Å². The van der Waals surface area contributed by atoms with Gasteiger partial charge in [-0.15, -0.1) is 0 Å². The Morgan fingerprint density at radius 3 is 2.32 bits per heavy atom.